The molecule has 0 spiro atoms. The quantitative estimate of drug-likeness (QED) is 0.823. The molecule has 0 aliphatic heterocycles. The van der Waals surface area contributed by atoms with E-state index in [1.54, 1.807) is 0 Å². The first-order chi connectivity index (χ1) is 6.91. The van der Waals surface area contributed by atoms with Crippen LogP contribution >= 0.6 is 15.9 Å². The van der Waals surface area contributed by atoms with Gasteiger partial charge in [-0.15, -0.1) is 0 Å². The zero-order valence-electron chi connectivity index (χ0n) is 9.39. The van der Waals surface area contributed by atoms with E-state index in [0.29, 0.717) is 5.41 Å². The molecule has 0 amide bonds. The number of halogens is 1. The zero-order chi connectivity index (χ0) is 11.1. The van der Waals surface area contributed by atoms with Crippen LogP contribution in [-0.2, 0) is 5.54 Å². The summed E-state index contributed by atoms with van der Waals surface area (Å²) in [5.74, 6) is 0. The molecule has 1 aromatic carbocycles. The van der Waals surface area contributed by atoms with Gasteiger partial charge in [-0.1, -0.05) is 41.9 Å². The second-order valence-corrected chi connectivity index (χ2v) is 6.42. The normalized spacial score (nSPS) is 29.3. The fourth-order valence-corrected chi connectivity index (χ4v) is 3.04. The highest BCUT2D eigenvalue weighted by atomic mass is 79.9. The summed E-state index contributed by atoms with van der Waals surface area (Å²) in [4.78, 5) is 0. The number of hydrogen-bond donors (Lipinski definition) is 1. The van der Waals surface area contributed by atoms with Gasteiger partial charge in [0.15, 0.2) is 0 Å². The van der Waals surface area contributed by atoms with Gasteiger partial charge in [-0.05, 0) is 42.4 Å². The van der Waals surface area contributed by atoms with E-state index in [-0.39, 0.29) is 5.54 Å². The number of nitrogens with two attached hydrogens (primary N) is 1. The summed E-state index contributed by atoms with van der Waals surface area (Å²) in [5.41, 5.74) is 8.04. The predicted molar refractivity (Wildman–Crippen MR) is 67.6 cm³/mol. The van der Waals surface area contributed by atoms with Crippen molar-refractivity contribution in [1.82, 2.24) is 0 Å². The van der Waals surface area contributed by atoms with Gasteiger partial charge >= 0.3 is 0 Å². The van der Waals surface area contributed by atoms with Gasteiger partial charge in [0.1, 0.15) is 0 Å². The lowest BCUT2D eigenvalue weighted by Gasteiger charge is -2.27. The minimum atomic E-state index is -0.118. The van der Waals surface area contributed by atoms with Gasteiger partial charge in [0.2, 0.25) is 0 Å². The Bertz CT molecular complexity index is 373. The molecule has 0 bridgehead atoms. The average Bonchev–Trinajstić information content (AvgIpc) is 2.42. The van der Waals surface area contributed by atoms with Gasteiger partial charge in [-0.2, -0.15) is 0 Å². The third-order valence-electron chi connectivity index (χ3n) is 3.44. The topological polar surface area (TPSA) is 26.0 Å². The van der Waals surface area contributed by atoms with E-state index in [1.807, 2.05) is 6.07 Å². The van der Waals surface area contributed by atoms with E-state index in [9.17, 15) is 0 Å². The number of benzene rings is 1. The molecule has 1 unspecified atom stereocenters. The maximum absolute atomic E-state index is 6.50. The molecular weight excluding hydrogens is 250 g/mol. The molecule has 0 saturated heterocycles. The van der Waals surface area contributed by atoms with Gasteiger partial charge in [0, 0.05) is 10.0 Å². The van der Waals surface area contributed by atoms with Crippen molar-refractivity contribution < 1.29 is 0 Å². The molecule has 1 aliphatic rings. The van der Waals surface area contributed by atoms with E-state index in [2.05, 4.69) is 48.0 Å². The Morgan fingerprint density at radius 2 is 2.00 bits per heavy atom. The molecule has 0 heterocycles. The summed E-state index contributed by atoms with van der Waals surface area (Å²) in [6.45, 7) is 4.61. The smallest absolute Gasteiger partial charge is 0.0415 e. The summed E-state index contributed by atoms with van der Waals surface area (Å²) in [6.07, 6.45) is 3.39. The minimum Gasteiger partial charge on any atom is -0.321 e. The van der Waals surface area contributed by atoms with Crippen molar-refractivity contribution in [3.63, 3.8) is 0 Å². The molecule has 2 heteroatoms. The molecule has 2 N–H and O–H groups in total. The highest BCUT2D eigenvalue weighted by Crippen LogP contribution is 2.47. The van der Waals surface area contributed by atoms with Crippen molar-refractivity contribution in [2.24, 2.45) is 11.1 Å². The fourth-order valence-electron chi connectivity index (χ4n) is 2.64. The first-order valence-electron chi connectivity index (χ1n) is 5.46. The second-order valence-electron chi connectivity index (χ2n) is 5.51. The minimum absolute atomic E-state index is 0.118. The van der Waals surface area contributed by atoms with Crippen LogP contribution in [0.2, 0.25) is 0 Å². The van der Waals surface area contributed by atoms with Crippen molar-refractivity contribution in [3.8, 4) is 0 Å². The lowest BCUT2D eigenvalue weighted by Crippen LogP contribution is -2.34. The Balaban J connectivity index is 2.31. The summed E-state index contributed by atoms with van der Waals surface area (Å²) in [7, 11) is 0. The Hall–Kier alpha value is -0.340. The SMILES string of the molecule is CC1(C)CCC(N)(c2cccc(Br)c2)C1. The summed E-state index contributed by atoms with van der Waals surface area (Å²) >= 11 is 3.51. The van der Waals surface area contributed by atoms with Crippen molar-refractivity contribution in [2.45, 2.75) is 38.6 Å². The maximum atomic E-state index is 6.50. The van der Waals surface area contributed by atoms with Gasteiger partial charge < -0.3 is 5.73 Å². The van der Waals surface area contributed by atoms with Crippen LogP contribution in [0, 0.1) is 5.41 Å². The molecule has 82 valence electrons. The highest BCUT2D eigenvalue weighted by molar-refractivity contribution is 9.10. The Kier molecular flexibility index (Phi) is 2.68. The van der Waals surface area contributed by atoms with Gasteiger partial charge in [-0.3, -0.25) is 0 Å². The zero-order valence-corrected chi connectivity index (χ0v) is 11.0. The average molecular weight is 268 g/mol. The van der Waals surface area contributed by atoms with Crippen molar-refractivity contribution >= 4 is 15.9 Å². The molecular formula is C13H18BrN. The first kappa shape index (κ1) is 11.2. The van der Waals surface area contributed by atoms with E-state index in [0.717, 1.165) is 17.3 Å². The van der Waals surface area contributed by atoms with Gasteiger partial charge in [-0.25, -0.2) is 0 Å². The van der Waals surface area contributed by atoms with Crippen LogP contribution in [0.3, 0.4) is 0 Å². The molecule has 2 rings (SSSR count). The van der Waals surface area contributed by atoms with Crippen LogP contribution in [0.4, 0.5) is 0 Å². The van der Waals surface area contributed by atoms with E-state index >= 15 is 0 Å². The summed E-state index contributed by atoms with van der Waals surface area (Å²) < 4.78 is 1.12. The van der Waals surface area contributed by atoms with E-state index < -0.39 is 0 Å². The molecule has 1 nitrogen and oxygen atoms in total. The number of hydrogen-bond acceptors (Lipinski definition) is 1. The highest BCUT2D eigenvalue weighted by Gasteiger charge is 2.41. The Labute approximate surface area is 100 Å². The predicted octanol–water partition coefficient (Wildman–Crippen LogP) is 3.81. The van der Waals surface area contributed by atoms with Crippen LogP contribution in [0.15, 0.2) is 28.7 Å². The van der Waals surface area contributed by atoms with E-state index in [1.165, 1.54) is 12.0 Å². The third kappa shape index (κ3) is 2.26. The molecule has 1 fully saturated rings. The van der Waals surface area contributed by atoms with Crippen LogP contribution in [-0.4, -0.2) is 0 Å². The van der Waals surface area contributed by atoms with Crippen molar-refractivity contribution in [2.75, 3.05) is 0 Å². The van der Waals surface area contributed by atoms with Crippen molar-refractivity contribution in [3.05, 3.63) is 34.3 Å². The van der Waals surface area contributed by atoms with Crippen LogP contribution in [0.5, 0.6) is 0 Å². The van der Waals surface area contributed by atoms with E-state index in [4.69, 9.17) is 5.73 Å². The first-order valence-corrected chi connectivity index (χ1v) is 6.26. The summed E-state index contributed by atoms with van der Waals surface area (Å²) in [6, 6.07) is 8.42. The lowest BCUT2D eigenvalue weighted by molar-refractivity contribution is 0.339. The fraction of sp³-hybridized carbons (Fsp3) is 0.538. The monoisotopic (exact) mass is 267 g/mol. The molecule has 1 atom stereocenters. The largest absolute Gasteiger partial charge is 0.321 e. The Morgan fingerprint density at radius 3 is 2.53 bits per heavy atom. The second kappa shape index (κ2) is 3.60. The van der Waals surface area contributed by atoms with Crippen LogP contribution in [0.1, 0.15) is 38.7 Å². The van der Waals surface area contributed by atoms with Crippen LogP contribution < -0.4 is 5.73 Å². The molecule has 1 saturated carbocycles. The third-order valence-corrected chi connectivity index (χ3v) is 3.93. The molecule has 15 heavy (non-hydrogen) atoms. The van der Waals surface area contributed by atoms with Crippen LogP contribution in [0.25, 0.3) is 0 Å². The molecule has 0 aromatic heterocycles. The molecule has 1 aliphatic carbocycles. The number of rotatable bonds is 1. The van der Waals surface area contributed by atoms with Gasteiger partial charge in [0.25, 0.3) is 0 Å². The lowest BCUT2D eigenvalue weighted by atomic mass is 9.84. The Morgan fingerprint density at radius 1 is 1.27 bits per heavy atom. The standard InChI is InChI=1S/C13H18BrN/c1-12(2)6-7-13(15,9-12)10-4-3-5-11(14)8-10/h3-5,8H,6-7,9,15H2,1-2H3. The summed E-state index contributed by atoms with van der Waals surface area (Å²) in [5, 5.41) is 0. The molecule has 1 aromatic rings. The van der Waals surface area contributed by atoms with Gasteiger partial charge in [0.05, 0.1) is 0 Å². The molecule has 0 radical (unpaired) electrons. The van der Waals surface area contributed by atoms with Crippen molar-refractivity contribution in [1.29, 1.82) is 0 Å². The maximum Gasteiger partial charge on any atom is 0.0415 e.